The van der Waals surface area contributed by atoms with E-state index in [9.17, 15) is 44.3 Å². The first-order valence-corrected chi connectivity index (χ1v) is 6.90. The molecule has 1 heterocycles. The van der Waals surface area contributed by atoms with Crippen LogP contribution < -0.4 is 5.32 Å². The number of halogens is 9. The Kier molecular flexibility index (Phi) is 4.43. The first-order chi connectivity index (χ1) is 11.2. The number of carbonyl (C=O) groups excluding carboxylic acids is 1. The predicted molar refractivity (Wildman–Crippen MR) is 68.8 cm³/mol. The van der Waals surface area contributed by atoms with Crippen molar-refractivity contribution in [2.24, 2.45) is 5.41 Å². The predicted octanol–water partition coefficient (Wildman–Crippen LogP) is 4.91. The van der Waals surface area contributed by atoms with Gasteiger partial charge in [-0.3, -0.25) is 4.79 Å². The molecule has 25 heavy (non-hydrogen) atoms. The molecule has 1 N–H and O–H groups in total. The second-order valence-electron chi connectivity index (χ2n) is 4.68. The van der Waals surface area contributed by atoms with Gasteiger partial charge in [0.15, 0.2) is 5.13 Å². The van der Waals surface area contributed by atoms with Gasteiger partial charge in [0.25, 0.3) is 5.91 Å². The van der Waals surface area contributed by atoms with Gasteiger partial charge in [0.2, 0.25) is 0 Å². The molecule has 2 aromatic rings. The van der Waals surface area contributed by atoms with Gasteiger partial charge in [-0.25, -0.2) is 4.98 Å². The number of anilines is 1. The number of para-hydroxylation sites is 1. The van der Waals surface area contributed by atoms with Gasteiger partial charge >= 0.3 is 23.9 Å². The third-order valence-corrected chi connectivity index (χ3v) is 4.08. The summed E-state index contributed by atoms with van der Waals surface area (Å²) in [5, 5.41) is 0.175. The van der Waals surface area contributed by atoms with Crippen LogP contribution in [0.15, 0.2) is 24.3 Å². The Morgan fingerprint density at radius 1 is 0.880 bits per heavy atom. The third kappa shape index (κ3) is 3.00. The van der Waals surface area contributed by atoms with Gasteiger partial charge in [-0.2, -0.15) is 39.5 Å². The number of carbonyl (C=O) groups is 1. The maximum atomic E-state index is 12.8. The largest absolute Gasteiger partial charge is 0.421 e. The lowest BCUT2D eigenvalue weighted by Gasteiger charge is -2.36. The molecule has 3 nitrogen and oxygen atoms in total. The fourth-order valence-electron chi connectivity index (χ4n) is 1.98. The van der Waals surface area contributed by atoms with E-state index in [2.05, 4.69) is 4.98 Å². The standard InChI is InChI=1S/C12H5F9N2OS/c13-10(14,15)9(11(16,17)18,12(19,20)21)7(24)23-8-22-5-3-1-2-4-6(5)25-8/h1-4H,(H,22,23,24). The molecule has 0 saturated heterocycles. The Morgan fingerprint density at radius 3 is 1.80 bits per heavy atom. The molecule has 138 valence electrons. The van der Waals surface area contributed by atoms with Gasteiger partial charge < -0.3 is 5.32 Å². The first-order valence-electron chi connectivity index (χ1n) is 6.09. The van der Waals surface area contributed by atoms with Crippen molar-refractivity contribution < 1.29 is 44.3 Å². The Balaban J connectivity index is 2.55. The molecule has 0 fully saturated rings. The molecule has 2 rings (SSSR count). The lowest BCUT2D eigenvalue weighted by atomic mass is 9.84. The summed E-state index contributed by atoms with van der Waals surface area (Å²) in [4.78, 5) is 15.0. The number of aromatic nitrogens is 1. The van der Waals surface area contributed by atoms with Crippen molar-refractivity contribution in [2.75, 3.05) is 5.32 Å². The summed E-state index contributed by atoms with van der Waals surface area (Å²) in [7, 11) is 0. The highest BCUT2D eigenvalue weighted by Crippen LogP contribution is 2.59. The number of thiazole rings is 1. The lowest BCUT2D eigenvalue weighted by molar-refractivity contribution is -0.405. The van der Waals surface area contributed by atoms with Crippen LogP contribution in [0, 0.1) is 5.41 Å². The summed E-state index contributed by atoms with van der Waals surface area (Å²) < 4.78 is 116. The van der Waals surface area contributed by atoms with E-state index in [1.165, 1.54) is 24.3 Å². The van der Waals surface area contributed by atoms with Gasteiger partial charge in [-0.05, 0) is 12.1 Å². The normalized spacial score (nSPS) is 14.0. The zero-order valence-corrected chi connectivity index (χ0v) is 12.3. The summed E-state index contributed by atoms with van der Waals surface area (Å²) >= 11 is 0.429. The summed E-state index contributed by atoms with van der Waals surface area (Å²) in [5.41, 5.74) is -6.50. The smallest absolute Gasteiger partial charge is 0.301 e. The van der Waals surface area contributed by atoms with Crippen molar-refractivity contribution in [1.29, 1.82) is 0 Å². The van der Waals surface area contributed by atoms with Crippen molar-refractivity contribution in [3.8, 4) is 0 Å². The molecule has 1 aromatic heterocycles. The van der Waals surface area contributed by atoms with Crippen LogP contribution in [-0.2, 0) is 4.79 Å². The van der Waals surface area contributed by atoms with Crippen LogP contribution in [0.1, 0.15) is 0 Å². The fourth-order valence-corrected chi connectivity index (χ4v) is 2.85. The second kappa shape index (κ2) is 5.75. The summed E-state index contributed by atoms with van der Waals surface area (Å²) in [6, 6.07) is 5.57. The molecular formula is C12H5F9N2OS. The highest BCUT2D eigenvalue weighted by Gasteiger charge is 2.88. The zero-order chi connectivity index (χ0) is 19.3. The van der Waals surface area contributed by atoms with Crippen LogP contribution in [0.4, 0.5) is 44.6 Å². The van der Waals surface area contributed by atoms with E-state index in [1.807, 2.05) is 0 Å². The minimum atomic E-state index is -6.97. The highest BCUT2D eigenvalue weighted by atomic mass is 32.1. The number of nitrogens with one attached hydrogen (secondary N) is 1. The molecule has 13 heteroatoms. The number of alkyl halides is 9. The summed E-state index contributed by atoms with van der Waals surface area (Å²) in [5.74, 6) is -3.32. The molecule has 0 atom stereocenters. The van der Waals surface area contributed by atoms with E-state index in [4.69, 9.17) is 0 Å². The number of rotatable bonds is 2. The van der Waals surface area contributed by atoms with E-state index < -0.39 is 35.0 Å². The van der Waals surface area contributed by atoms with Crippen molar-refractivity contribution >= 4 is 32.6 Å². The van der Waals surface area contributed by atoms with E-state index >= 15 is 0 Å². The SMILES string of the molecule is O=C(Nc1nc2ccccc2s1)C(C(F)(F)F)(C(F)(F)F)C(F)(F)F. The highest BCUT2D eigenvalue weighted by molar-refractivity contribution is 7.22. The number of hydrogen-bond acceptors (Lipinski definition) is 3. The minimum absolute atomic E-state index is 0.0828. The minimum Gasteiger partial charge on any atom is -0.301 e. The van der Waals surface area contributed by atoms with E-state index in [1.54, 1.807) is 0 Å². The maximum Gasteiger partial charge on any atom is 0.421 e. The van der Waals surface area contributed by atoms with Crippen LogP contribution in [0.5, 0.6) is 0 Å². The Labute approximate surface area is 136 Å². The average molecular weight is 396 g/mol. The van der Waals surface area contributed by atoms with Crippen LogP contribution in [0.2, 0.25) is 0 Å². The molecule has 0 radical (unpaired) electrons. The number of amides is 1. The van der Waals surface area contributed by atoms with Gasteiger partial charge in [0.05, 0.1) is 10.2 Å². The van der Waals surface area contributed by atoms with Gasteiger partial charge in [0, 0.05) is 0 Å². The maximum absolute atomic E-state index is 12.8. The molecule has 0 aliphatic carbocycles. The Bertz CT molecular complexity index is 721. The Morgan fingerprint density at radius 2 is 1.36 bits per heavy atom. The van der Waals surface area contributed by atoms with Crippen LogP contribution in [-0.4, -0.2) is 29.4 Å². The van der Waals surface area contributed by atoms with Crippen molar-refractivity contribution in [3.05, 3.63) is 24.3 Å². The second-order valence-corrected chi connectivity index (χ2v) is 5.71. The average Bonchev–Trinajstić information content (AvgIpc) is 2.75. The first kappa shape index (κ1) is 19.3. The third-order valence-electron chi connectivity index (χ3n) is 3.13. The fraction of sp³-hybridized carbons (Fsp3) is 0.333. The number of hydrogen-bond donors (Lipinski definition) is 1. The number of nitrogens with zero attached hydrogens (tertiary/aromatic N) is 1. The molecule has 0 saturated carbocycles. The quantitative estimate of drug-likeness (QED) is 0.734. The summed E-state index contributed by atoms with van der Waals surface area (Å²) in [6.07, 6.45) is -20.9. The Hall–Kier alpha value is -2.05. The van der Waals surface area contributed by atoms with Gasteiger partial charge in [-0.15, -0.1) is 0 Å². The molecule has 0 bridgehead atoms. The molecule has 0 aliphatic rings. The number of benzene rings is 1. The van der Waals surface area contributed by atoms with Crippen LogP contribution in [0.25, 0.3) is 10.2 Å². The topological polar surface area (TPSA) is 42.0 Å². The number of fused-ring (bicyclic) bond motifs is 1. The van der Waals surface area contributed by atoms with Crippen molar-refractivity contribution in [2.45, 2.75) is 18.5 Å². The van der Waals surface area contributed by atoms with E-state index in [0.717, 1.165) is 5.32 Å². The van der Waals surface area contributed by atoms with Gasteiger partial charge in [0.1, 0.15) is 0 Å². The molecule has 1 aromatic carbocycles. The van der Waals surface area contributed by atoms with Crippen molar-refractivity contribution in [3.63, 3.8) is 0 Å². The zero-order valence-electron chi connectivity index (χ0n) is 11.5. The molecule has 0 spiro atoms. The van der Waals surface area contributed by atoms with Crippen LogP contribution >= 0.6 is 11.3 Å². The van der Waals surface area contributed by atoms with Gasteiger partial charge in [-0.1, -0.05) is 23.5 Å². The molecule has 0 aliphatic heterocycles. The lowest BCUT2D eigenvalue weighted by Crippen LogP contribution is -2.65. The van der Waals surface area contributed by atoms with E-state index in [-0.39, 0.29) is 10.2 Å². The van der Waals surface area contributed by atoms with Crippen molar-refractivity contribution in [1.82, 2.24) is 4.98 Å². The molecular weight excluding hydrogens is 391 g/mol. The molecule has 1 amide bonds. The summed E-state index contributed by atoms with van der Waals surface area (Å²) in [6.45, 7) is 0. The molecule has 0 unspecified atom stereocenters. The van der Waals surface area contributed by atoms with E-state index in [0.29, 0.717) is 11.3 Å². The van der Waals surface area contributed by atoms with Crippen LogP contribution in [0.3, 0.4) is 0 Å². The monoisotopic (exact) mass is 396 g/mol.